The summed E-state index contributed by atoms with van der Waals surface area (Å²) >= 11 is 0. The van der Waals surface area contributed by atoms with Crippen LogP contribution in [0.3, 0.4) is 0 Å². The van der Waals surface area contributed by atoms with Crippen LogP contribution in [0.25, 0.3) is 0 Å². The first-order valence-corrected chi connectivity index (χ1v) is 4.85. The van der Waals surface area contributed by atoms with E-state index in [9.17, 15) is 0 Å². The smallest absolute Gasteiger partial charge is 0.00327 e. The Hall–Kier alpha value is -0.0400. The topological polar surface area (TPSA) is 3.24 Å². The Morgan fingerprint density at radius 3 is 2.09 bits per heavy atom. The van der Waals surface area contributed by atoms with Gasteiger partial charge in [-0.1, -0.05) is 27.7 Å². The maximum atomic E-state index is 2.42. The quantitative estimate of drug-likeness (QED) is 0.565. The van der Waals surface area contributed by atoms with E-state index in [0.29, 0.717) is 5.41 Å². The zero-order valence-electron chi connectivity index (χ0n) is 8.78. The van der Waals surface area contributed by atoms with Gasteiger partial charge in [0.05, 0.1) is 0 Å². The molecule has 68 valence electrons. The van der Waals surface area contributed by atoms with Crippen molar-refractivity contribution in [3.05, 3.63) is 0 Å². The van der Waals surface area contributed by atoms with Gasteiger partial charge in [-0.25, -0.2) is 0 Å². The normalized spacial score (nSPS) is 31.4. The van der Waals surface area contributed by atoms with Crippen molar-refractivity contribution in [1.29, 1.82) is 0 Å². The summed E-state index contributed by atoms with van der Waals surface area (Å²) in [5, 5.41) is 0. The Balaban J connectivity index is 0.000000461. The highest BCUT2D eigenvalue weighted by atomic mass is 15.1. The Bertz CT molecular complexity index is 101. The predicted molar refractivity (Wildman–Crippen MR) is 51.9 cm³/mol. The fourth-order valence-electron chi connectivity index (χ4n) is 1.56. The molecule has 0 amide bonds. The lowest BCUT2D eigenvalue weighted by Crippen LogP contribution is -2.20. The molecular formula is C10H23N. The SMILES string of the molecule is CC.CCC1(C)CCN(C)C1. The molecular weight excluding hydrogens is 134 g/mol. The summed E-state index contributed by atoms with van der Waals surface area (Å²) in [5.74, 6) is 0. The minimum absolute atomic E-state index is 0.634. The predicted octanol–water partition coefficient (Wildman–Crippen LogP) is 2.76. The second-order valence-electron chi connectivity index (χ2n) is 3.65. The van der Waals surface area contributed by atoms with Crippen LogP contribution in [0.5, 0.6) is 0 Å². The Morgan fingerprint density at radius 1 is 1.36 bits per heavy atom. The van der Waals surface area contributed by atoms with Gasteiger partial charge in [0, 0.05) is 6.54 Å². The number of rotatable bonds is 1. The summed E-state index contributed by atoms with van der Waals surface area (Å²) in [6, 6.07) is 0. The summed E-state index contributed by atoms with van der Waals surface area (Å²) in [4.78, 5) is 2.42. The Morgan fingerprint density at radius 2 is 1.91 bits per heavy atom. The van der Waals surface area contributed by atoms with Gasteiger partial charge in [-0.3, -0.25) is 0 Å². The van der Waals surface area contributed by atoms with Crippen LogP contribution in [0.2, 0.25) is 0 Å². The lowest BCUT2D eigenvalue weighted by atomic mass is 9.87. The number of nitrogens with zero attached hydrogens (tertiary/aromatic N) is 1. The van der Waals surface area contributed by atoms with E-state index in [-0.39, 0.29) is 0 Å². The van der Waals surface area contributed by atoms with Gasteiger partial charge in [0.1, 0.15) is 0 Å². The molecule has 0 aromatic carbocycles. The molecule has 1 atom stereocenters. The summed E-state index contributed by atoms with van der Waals surface area (Å²) in [6.45, 7) is 11.3. The molecule has 0 saturated carbocycles. The van der Waals surface area contributed by atoms with Gasteiger partial charge in [-0.2, -0.15) is 0 Å². The van der Waals surface area contributed by atoms with Crippen molar-refractivity contribution in [3.63, 3.8) is 0 Å². The van der Waals surface area contributed by atoms with E-state index in [1.54, 1.807) is 0 Å². The highest BCUT2D eigenvalue weighted by molar-refractivity contribution is 4.83. The summed E-state index contributed by atoms with van der Waals surface area (Å²) in [7, 11) is 2.21. The molecule has 0 spiro atoms. The standard InChI is InChI=1S/C8H17N.C2H6/c1-4-8(2)5-6-9(3)7-8;1-2/h4-7H2,1-3H3;1-2H3. The molecule has 1 nitrogen and oxygen atoms in total. The maximum absolute atomic E-state index is 2.42. The van der Waals surface area contributed by atoms with E-state index >= 15 is 0 Å². The van der Waals surface area contributed by atoms with Gasteiger partial charge >= 0.3 is 0 Å². The molecule has 0 N–H and O–H groups in total. The molecule has 0 radical (unpaired) electrons. The van der Waals surface area contributed by atoms with Crippen molar-refractivity contribution in [2.45, 2.75) is 40.5 Å². The van der Waals surface area contributed by atoms with Crippen molar-refractivity contribution in [2.75, 3.05) is 20.1 Å². The third kappa shape index (κ3) is 3.24. The van der Waals surface area contributed by atoms with Crippen molar-refractivity contribution < 1.29 is 0 Å². The highest BCUT2D eigenvalue weighted by Crippen LogP contribution is 2.31. The molecule has 1 heterocycles. The molecule has 1 saturated heterocycles. The van der Waals surface area contributed by atoms with Crippen molar-refractivity contribution in [2.24, 2.45) is 5.41 Å². The van der Waals surface area contributed by atoms with E-state index in [4.69, 9.17) is 0 Å². The number of hydrogen-bond donors (Lipinski definition) is 0. The number of hydrogen-bond acceptors (Lipinski definition) is 1. The maximum Gasteiger partial charge on any atom is 0.00327 e. The molecule has 1 heteroatoms. The van der Waals surface area contributed by atoms with Crippen molar-refractivity contribution >= 4 is 0 Å². The average molecular weight is 157 g/mol. The summed E-state index contributed by atoms with van der Waals surface area (Å²) in [6.07, 6.45) is 2.72. The molecule has 1 aliphatic heterocycles. The van der Waals surface area contributed by atoms with E-state index in [1.165, 1.54) is 25.9 Å². The second-order valence-corrected chi connectivity index (χ2v) is 3.65. The summed E-state index contributed by atoms with van der Waals surface area (Å²) in [5.41, 5.74) is 0.634. The van der Waals surface area contributed by atoms with Crippen LogP contribution >= 0.6 is 0 Å². The third-order valence-electron chi connectivity index (χ3n) is 2.60. The Labute approximate surface area is 71.8 Å². The fourth-order valence-corrected chi connectivity index (χ4v) is 1.56. The van der Waals surface area contributed by atoms with Gasteiger partial charge in [-0.05, 0) is 31.8 Å². The molecule has 0 aromatic heterocycles. The first-order chi connectivity index (χ1) is 5.16. The molecule has 1 aliphatic rings. The van der Waals surface area contributed by atoms with Crippen LogP contribution in [0.1, 0.15) is 40.5 Å². The van der Waals surface area contributed by atoms with Gasteiger partial charge in [-0.15, -0.1) is 0 Å². The molecule has 0 aromatic rings. The molecule has 0 aliphatic carbocycles. The van der Waals surface area contributed by atoms with Gasteiger partial charge in [0.25, 0.3) is 0 Å². The zero-order valence-corrected chi connectivity index (χ0v) is 8.78. The lowest BCUT2D eigenvalue weighted by Gasteiger charge is -2.20. The molecule has 1 fully saturated rings. The van der Waals surface area contributed by atoms with Crippen LogP contribution in [-0.2, 0) is 0 Å². The van der Waals surface area contributed by atoms with Crippen LogP contribution in [0.15, 0.2) is 0 Å². The molecule has 1 unspecified atom stereocenters. The first-order valence-electron chi connectivity index (χ1n) is 4.85. The lowest BCUT2D eigenvalue weighted by molar-refractivity contribution is 0.300. The minimum Gasteiger partial charge on any atom is -0.306 e. The Kier molecular flexibility index (Phi) is 4.74. The zero-order chi connectivity index (χ0) is 8.91. The largest absolute Gasteiger partial charge is 0.306 e. The van der Waals surface area contributed by atoms with Crippen molar-refractivity contribution in [3.8, 4) is 0 Å². The second kappa shape index (κ2) is 4.76. The van der Waals surface area contributed by atoms with Gasteiger partial charge in [0.15, 0.2) is 0 Å². The fraction of sp³-hybridized carbons (Fsp3) is 1.00. The first kappa shape index (κ1) is 11.0. The van der Waals surface area contributed by atoms with E-state index in [1.807, 2.05) is 13.8 Å². The number of likely N-dealkylation sites (tertiary alicyclic amines) is 1. The van der Waals surface area contributed by atoms with Crippen LogP contribution in [0.4, 0.5) is 0 Å². The van der Waals surface area contributed by atoms with E-state index < -0.39 is 0 Å². The third-order valence-corrected chi connectivity index (χ3v) is 2.60. The molecule has 0 bridgehead atoms. The van der Waals surface area contributed by atoms with Gasteiger partial charge in [0.2, 0.25) is 0 Å². The van der Waals surface area contributed by atoms with Gasteiger partial charge < -0.3 is 4.90 Å². The summed E-state index contributed by atoms with van der Waals surface area (Å²) < 4.78 is 0. The monoisotopic (exact) mass is 157 g/mol. The van der Waals surface area contributed by atoms with Crippen LogP contribution < -0.4 is 0 Å². The average Bonchev–Trinajstić information content (AvgIpc) is 2.37. The molecule has 1 rings (SSSR count). The van der Waals surface area contributed by atoms with Crippen LogP contribution in [0, 0.1) is 5.41 Å². The van der Waals surface area contributed by atoms with E-state index in [0.717, 1.165) is 0 Å². The highest BCUT2D eigenvalue weighted by Gasteiger charge is 2.29. The minimum atomic E-state index is 0.634. The van der Waals surface area contributed by atoms with E-state index in [2.05, 4.69) is 25.8 Å². The molecule has 11 heavy (non-hydrogen) atoms. The van der Waals surface area contributed by atoms with Crippen molar-refractivity contribution in [1.82, 2.24) is 4.90 Å². The van der Waals surface area contributed by atoms with Crippen LogP contribution in [-0.4, -0.2) is 25.0 Å².